The molecule has 14 heavy (non-hydrogen) atoms. The van der Waals surface area contributed by atoms with Crippen molar-refractivity contribution in [2.24, 2.45) is 5.41 Å². The molecule has 0 bridgehead atoms. The third-order valence-electron chi connectivity index (χ3n) is 1.90. The highest BCUT2D eigenvalue weighted by Crippen LogP contribution is 2.16. The van der Waals surface area contributed by atoms with E-state index in [4.69, 9.17) is 9.84 Å². The van der Waals surface area contributed by atoms with Crippen molar-refractivity contribution in [3.63, 3.8) is 0 Å². The van der Waals surface area contributed by atoms with Crippen LogP contribution in [0.1, 0.15) is 27.7 Å². The summed E-state index contributed by atoms with van der Waals surface area (Å²) in [7, 11) is 0. The SMILES string of the molecule is CC=C(C)C(=O)OCC(C)(C)C(=O)O. The molecule has 0 aliphatic heterocycles. The van der Waals surface area contributed by atoms with Crippen LogP contribution in [0, 0.1) is 5.41 Å². The second kappa shape index (κ2) is 4.79. The second-order valence-electron chi connectivity index (χ2n) is 3.74. The second-order valence-corrected chi connectivity index (χ2v) is 3.74. The minimum absolute atomic E-state index is 0.119. The molecule has 0 fully saturated rings. The van der Waals surface area contributed by atoms with Crippen LogP contribution in [-0.4, -0.2) is 23.7 Å². The fourth-order valence-corrected chi connectivity index (χ4v) is 0.539. The Morgan fingerprint density at radius 3 is 2.29 bits per heavy atom. The Morgan fingerprint density at radius 2 is 1.93 bits per heavy atom. The molecule has 0 spiro atoms. The molecule has 0 saturated carbocycles. The largest absolute Gasteiger partial charge is 0.481 e. The van der Waals surface area contributed by atoms with Gasteiger partial charge in [0, 0.05) is 5.57 Å². The minimum Gasteiger partial charge on any atom is -0.481 e. The third-order valence-corrected chi connectivity index (χ3v) is 1.90. The molecule has 4 nitrogen and oxygen atoms in total. The fourth-order valence-electron chi connectivity index (χ4n) is 0.539. The number of hydrogen-bond donors (Lipinski definition) is 1. The van der Waals surface area contributed by atoms with E-state index in [9.17, 15) is 9.59 Å². The lowest BCUT2D eigenvalue weighted by Crippen LogP contribution is -2.30. The maximum absolute atomic E-state index is 11.2. The van der Waals surface area contributed by atoms with Crippen LogP contribution < -0.4 is 0 Å². The van der Waals surface area contributed by atoms with E-state index in [0.29, 0.717) is 5.57 Å². The monoisotopic (exact) mass is 200 g/mol. The van der Waals surface area contributed by atoms with E-state index in [1.807, 2.05) is 0 Å². The topological polar surface area (TPSA) is 63.6 Å². The van der Waals surface area contributed by atoms with E-state index in [1.165, 1.54) is 13.8 Å². The van der Waals surface area contributed by atoms with Gasteiger partial charge in [-0.25, -0.2) is 4.79 Å². The van der Waals surface area contributed by atoms with E-state index < -0.39 is 17.4 Å². The number of carboxylic acids is 1. The molecule has 0 heterocycles. The summed E-state index contributed by atoms with van der Waals surface area (Å²) in [5, 5.41) is 8.74. The maximum Gasteiger partial charge on any atom is 0.333 e. The molecule has 0 aliphatic rings. The van der Waals surface area contributed by atoms with Crippen molar-refractivity contribution in [3.05, 3.63) is 11.6 Å². The van der Waals surface area contributed by atoms with Gasteiger partial charge in [-0.1, -0.05) is 6.08 Å². The van der Waals surface area contributed by atoms with Gasteiger partial charge in [0.25, 0.3) is 0 Å². The van der Waals surface area contributed by atoms with Gasteiger partial charge in [-0.05, 0) is 27.7 Å². The number of hydrogen-bond acceptors (Lipinski definition) is 3. The molecule has 0 rings (SSSR count). The molecule has 80 valence electrons. The first-order chi connectivity index (χ1) is 6.31. The van der Waals surface area contributed by atoms with Crippen molar-refractivity contribution in [1.29, 1.82) is 0 Å². The summed E-state index contributed by atoms with van der Waals surface area (Å²) >= 11 is 0. The van der Waals surface area contributed by atoms with E-state index in [0.717, 1.165) is 0 Å². The Bertz CT molecular complexity index is 263. The first-order valence-corrected chi connectivity index (χ1v) is 4.34. The van der Waals surface area contributed by atoms with Gasteiger partial charge in [-0.2, -0.15) is 0 Å². The normalized spacial score (nSPS) is 12.4. The zero-order chi connectivity index (χ0) is 11.4. The van der Waals surface area contributed by atoms with E-state index in [2.05, 4.69) is 0 Å². The van der Waals surface area contributed by atoms with Crippen molar-refractivity contribution in [3.8, 4) is 0 Å². The highest BCUT2D eigenvalue weighted by atomic mass is 16.5. The van der Waals surface area contributed by atoms with Gasteiger partial charge in [0.1, 0.15) is 6.61 Å². The Balaban J connectivity index is 4.20. The minimum atomic E-state index is -1.04. The lowest BCUT2D eigenvalue weighted by atomic mass is 9.95. The molecule has 1 N–H and O–H groups in total. The maximum atomic E-state index is 11.2. The zero-order valence-electron chi connectivity index (χ0n) is 8.96. The summed E-state index contributed by atoms with van der Waals surface area (Å²) in [5.41, 5.74) is -0.560. The summed E-state index contributed by atoms with van der Waals surface area (Å²) in [6.45, 7) is 6.24. The Hall–Kier alpha value is -1.32. The van der Waals surface area contributed by atoms with Gasteiger partial charge in [0.2, 0.25) is 0 Å². The lowest BCUT2D eigenvalue weighted by molar-refractivity contribution is -0.154. The third kappa shape index (κ3) is 3.60. The Morgan fingerprint density at radius 1 is 1.43 bits per heavy atom. The number of esters is 1. The van der Waals surface area contributed by atoms with Crippen molar-refractivity contribution in [1.82, 2.24) is 0 Å². The molecule has 0 aromatic heterocycles. The van der Waals surface area contributed by atoms with Crippen molar-refractivity contribution in [2.75, 3.05) is 6.61 Å². The predicted molar refractivity (Wildman–Crippen MR) is 51.8 cm³/mol. The smallest absolute Gasteiger partial charge is 0.333 e. The van der Waals surface area contributed by atoms with Crippen molar-refractivity contribution in [2.45, 2.75) is 27.7 Å². The van der Waals surface area contributed by atoms with Gasteiger partial charge >= 0.3 is 11.9 Å². The number of ether oxygens (including phenoxy) is 1. The van der Waals surface area contributed by atoms with Crippen LogP contribution in [0.2, 0.25) is 0 Å². The van der Waals surface area contributed by atoms with Gasteiger partial charge in [0.05, 0.1) is 5.41 Å². The number of aliphatic carboxylic acids is 1. The van der Waals surface area contributed by atoms with Gasteiger partial charge in [-0.3, -0.25) is 4.79 Å². The van der Waals surface area contributed by atoms with Crippen LogP contribution in [-0.2, 0) is 14.3 Å². The average molecular weight is 200 g/mol. The quantitative estimate of drug-likeness (QED) is 0.553. The van der Waals surface area contributed by atoms with Crippen LogP contribution in [0.25, 0.3) is 0 Å². The van der Waals surface area contributed by atoms with Crippen molar-refractivity contribution < 1.29 is 19.4 Å². The number of carboxylic acid groups (broad SMARTS) is 1. The summed E-state index contributed by atoms with van der Waals surface area (Å²) < 4.78 is 4.83. The van der Waals surface area contributed by atoms with E-state index in [1.54, 1.807) is 19.9 Å². The molecule has 0 unspecified atom stereocenters. The molecule has 0 aromatic carbocycles. The molecule has 0 radical (unpaired) electrons. The molecule has 0 atom stereocenters. The predicted octanol–water partition coefficient (Wildman–Crippen LogP) is 1.61. The van der Waals surface area contributed by atoms with Crippen LogP contribution in [0.5, 0.6) is 0 Å². The van der Waals surface area contributed by atoms with E-state index >= 15 is 0 Å². The molecule has 0 amide bonds. The fraction of sp³-hybridized carbons (Fsp3) is 0.600. The van der Waals surface area contributed by atoms with Gasteiger partial charge in [-0.15, -0.1) is 0 Å². The van der Waals surface area contributed by atoms with Crippen LogP contribution in [0.15, 0.2) is 11.6 Å². The van der Waals surface area contributed by atoms with Gasteiger partial charge < -0.3 is 9.84 Å². The highest BCUT2D eigenvalue weighted by molar-refractivity contribution is 5.87. The number of carbonyl (C=O) groups excluding carboxylic acids is 1. The highest BCUT2D eigenvalue weighted by Gasteiger charge is 2.29. The molecule has 0 saturated heterocycles. The van der Waals surface area contributed by atoms with Crippen LogP contribution in [0.4, 0.5) is 0 Å². The standard InChI is InChI=1S/C10H16O4/c1-5-7(2)8(11)14-6-10(3,4)9(12)13/h5H,6H2,1-4H3,(H,12,13). The molecular weight excluding hydrogens is 184 g/mol. The average Bonchev–Trinajstić information content (AvgIpc) is 2.12. The summed E-state index contributed by atoms with van der Waals surface area (Å²) in [4.78, 5) is 21.8. The zero-order valence-corrected chi connectivity index (χ0v) is 8.96. The molecule has 0 aliphatic carbocycles. The number of carbonyl (C=O) groups is 2. The van der Waals surface area contributed by atoms with E-state index in [-0.39, 0.29) is 6.61 Å². The molecule has 0 aromatic rings. The summed E-state index contributed by atoms with van der Waals surface area (Å²) in [6.07, 6.45) is 1.62. The molecular formula is C10H16O4. The van der Waals surface area contributed by atoms with Crippen LogP contribution in [0.3, 0.4) is 0 Å². The lowest BCUT2D eigenvalue weighted by Gasteiger charge is -2.18. The van der Waals surface area contributed by atoms with Crippen molar-refractivity contribution >= 4 is 11.9 Å². The summed E-state index contributed by atoms with van der Waals surface area (Å²) in [6, 6.07) is 0. The van der Waals surface area contributed by atoms with Crippen LogP contribution >= 0.6 is 0 Å². The first kappa shape index (κ1) is 12.7. The number of allylic oxidation sites excluding steroid dienone is 1. The Labute approximate surface area is 83.6 Å². The summed E-state index contributed by atoms with van der Waals surface area (Å²) in [5.74, 6) is -1.45. The van der Waals surface area contributed by atoms with Gasteiger partial charge in [0.15, 0.2) is 0 Å². The Kier molecular flexibility index (Phi) is 4.34. The first-order valence-electron chi connectivity index (χ1n) is 4.34. The molecule has 4 heteroatoms. The number of rotatable bonds is 4.